The summed E-state index contributed by atoms with van der Waals surface area (Å²) in [5.74, 6) is 0.468. The minimum atomic E-state index is 0.468. The van der Waals surface area contributed by atoms with E-state index in [9.17, 15) is 0 Å². The minimum absolute atomic E-state index is 0.468. The van der Waals surface area contributed by atoms with Crippen LogP contribution in [0.4, 0.5) is 0 Å². The van der Waals surface area contributed by atoms with Gasteiger partial charge in [-0.3, -0.25) is 5.41 Å². The molecule has 0 aromatic carbocycles. The molecule has 1 N–H and O–H groups in total. The standard InChI is InChI=1S/C18H29N3/c1-8-10-16(17(19)14(5)9-2)11-21-12-20(7)15(6)18(21)13(3)4/h8-11,13,19H,12H2,1-7H3/b10-8-,14-9-,16-11+,19-17?. The molecule has 3 nitrogen and oxygen atoms in total. The van der Waals surface area contributed by atoms with Gasteiger partial charge in [-0.2, -0.15) is 0 Å². The smallest absolute Gasteiger partial charge is 0.0938 e. The van der Waals surface area contributed by atoms with Crippen molar-refractivity contribution >= 4 is 5.71 Å². The fourth-order valence-corrected chi connectivity index (χ4v) is 2.58. The second-order valence-corrected chi connectivity index (χ2v) is 5.87. The predicted octanol–water partition coefficient (Wildman–Crippen LogP) is 4.52. The van der Waals surface area contributed by atoms with Crippen LogP contribution in [0.2, 0.25) is 0 Å². The molecule has 0 aliphatic carbocycles. The Bertz CT molecular complexity index is 519. The zero-order chi connectivity index (χ0) is 16.2. The van der Waals surface area contributed by atoms with Gasteiger partial charge in [-0.15, -0.1) is 0 Å². The molecule has 0 saturated heterocycles. The maximum absolute atomic E-state index is 8.35. The number of hydrogen-bond donors (Lipinski definition) is 1. The molecule has 0 saturated carbocycles. The highest BCUT2D eigenvalue weighted by molar-refractivity contribution is 6.11. The van der Waals surface area contributed by atoms with Gasteiger partial charge in [0.2, 0.25) is 0 Å². The lowest BCUT2D eigenvalue weighted by molar-refractivity contribution is 0.330. The van der Waals surface area contributed by atoms with Gasteiger partial charge >= 0.3 is 0 Å². The maximum Gasteiger partial charge on any atom is 0.0938 e. The van der Waals surface area contributed by atoms with Crippen LogP contribution in [-0.4, -0.2) is 29.2 Å². The van der Waals surface area contributed by atoms with Gasteiger partial charge in [-0.1, -0.05) is 32.1 Å². The normalized spacial score (nSPS) is 17.7. The summed E-state index contributed by atoms with van der Waals surface area (Å²) in [6, 6.07) is 0. The van der Waals surface area contributed by atoms with Gasteiger partial charge in [-0.25, -0.2) is 0 Å². The van der Waals surface area contributed by atoms with E-state index in [0.717, 1.165) is 17.8 Å². The van der Waals surface area contributed by atoms with Crippen molar-refractivity contribution in [1.82, 2.24) is 9.80 Å². The molecule has 1 rings (SSSR count). The van der Waals surface area contributed by atoms with Crippen molar-refractivity contribution in [1.29, 1.82) is 5.41 Å². The Morgan fingerprint density at radius 1 is 1.29 bits per heavy atom. The van der Waals surface area contributed by atoms with Gasteiger partial charge in [0.1, 0.15) is 0 Å². The van der Waals surface area contributed by atoms with Gasteiger partial charge in [0, 0.05) is 30.2 Å². The molecule has 116 valence electrons. The molecule has 3 heteroatoms. The summed E-state index contributed by atoms with van der Waals surface area (Å²) in [6.45, 7) is 13.4. The molecule has 0 unspecified atom stereocenters. The Labute approximate surface area is 129 Å². The van der Waals surface area contributed by atoms with E-state index in [1.54, 1.807) is 0 Å². The predicted molar refractivity (Wildman–Crippen MR) is 92.1 cm³/mol. The zero-order valence-corrected chi connectivity index (χ0v) is 14.5. The van der Waals surface area contributed by atoms with Crippen molar-refractivity contribution in [2.24, 2.45) is 5.92 Å². The molecule has 0 fully saturated rings. The third kappa shape index (κ3) is 3.87. The Hall–Kier alpha value is -1.77. The molecule has 0 amide bonds. The van der Waals surface area contributed by atoms with Gasteiger partial charge in [0.05, 0.1) is 12.4 Å². The van der Waals surface area contributed by atoms with E-state index in [0.29, 0.717) is 11.6 Å². The van der Waals surface area contributed by atoms with Crippen molar-refractivity contribution < 1.29 is 0 Å². The van der Waals surface area contributed by atoms with Crippen molar-refractivity contribution in [3.63, 3.8) is 0 Å². The van der Waals surface area contributed by atoms with Crippen LogP contribution in [0.3, 0.4) is 0 Å². The van der Waals surface area contributed by atoms with Gasteiger partial charge in [0.15, 0.2) is 0 Å². The lowest BCUT2D eigenvalue weighted by atomic mass is 10.0. The fourth-order valence-electron chi connectivity index (χ4n) is 2.58. The van der Waals surface area contributed by atoms with Crippen molar-refractivity contribution in [3.05, 3.63) is 47.0 Å². The first-order valence-corrected chi connectivity index (χ1v) is 7.58. The number of hydrogen-bond acceptors (Lipinski definition) is 3. The van der Waals surface area contributed by atoms with E-state index in [4.69, 9.17) is 5.41 Å². The number of allylic oxidation sites excluding steroid dienone is 7. The van der Waals surface area contributed by atoms with Crippen molar-refractivity contribution in [2.45, 2.75) is 41.5 Å². The molecule has 0 aromatic rings. The first kappa shape index (κ1) is 17.3. The molecule has 0 atom stereocenters. The summed E-state index contributed by atoms with van der Waals surface area (Å²) in [4.78, 5) is 4.53. The highest BCUT2D eigenvalue weighted by Gasteiger charge is 2.25. The van der Waals surface area contributed by atoms with E-state index in [1.807, 2.05) is 39.0 Å². The summed E-state index contributed by atoms with van der Waals surface area (Å²) in [5.41, 5.74) is 5.19. The molecular weight excluding hydrogens is 258 g/mol. The molecule has 0 bridgehead atoms. The first-order valence-electron chi connectivity index (χ1n) is 7.58. The second-order valence-electron chi connectivity index (χ2n) is 5.87. The average molecular weight is 287 g/mol. The third-order valence-electron chi connectivity index (χ3n) is 3.92. The molecule has 0 radical (unpaired) electrons. The molecule has 0 aromatic heterocycles. The van der Waals surface area contributed by atoms with Crippen LogP contribution in [0.15, 0.2) is 47.0 Å². The summed E-state index contributed by atoms with van der Waals surface area (Å²) in [6.07, 6.45) is 8.10. The first-order chi connectivity index (χ1) is 9.83. The zero-order valence-electron chi connectivity index (χ0n) is 14.5. The van der Waals surface area contributed by atoms with E-state index in [1.165, 1.54) is 11.4 Å². The fraction of sp³-hybridized carbons (Fsp3) is 0.500. The Morgan fingerprint density at radius 2 is 1.90 bits per heavy atom. The Kier molecular flexibility index (Phi) is 6.01. The van der Waals surface area contributed by atoms with Crippen LogP contribution in [0.25, 0.3) is 0 Å². The SMILES string of the molecule is C/C=C\C(=C/N1CN(C)C(C)=C1C(C)C)C(=N)/C(C)=C\C. The van der Waals surface area contributed by atoms with E-state index < -0.39 is 0 Å². The monoisotopic (exact) mass is 287 g/mol. The molecule has 0 spiro atoms. The largest absolute Gasteiger partial charge is 0.359 e. The molecule has 21 heavy (non-hydrogen) atoms. The van der Waals surface area contributed by atoms with Crippen LogP contribution in [0, 0.1) is 11.3 Å². The molecule has 1 aliphatic rings. The highest BCUT2D eigenvalue weighted by atomic mass is 15.4. The van der Waals surface area contributed by atoms with Crippen LogP contribution < -0.4 is 0 Å². The number of nitrogens with zero attached hydrogens (tertiary/aromatic N) is 2. The third-order valence-corrected chi connectivity index (χ3v) is 3.92. The van der Waals surface area contributed by atoms with Crippen molar-refractivity contribution in [2.75, 3.05) is 13.7 Å². The van der Waals surface area contributed by atoms with E-state index >= 15 is 0 Å². The Balaban J connectivity index is 3.21. The number of nitrogens with one attached hydrogen (secondary N) is 1. The lowest BCUT2D eigenvalue weighted by Gasteiger charge is -2.22. The second kappa shape index (κ2) is 7.30. The summed E-state index contributed by atoms with van der Waals surface area (Å²) in [5, 5.41) is 8.35. The number of rotatable bonds is 5. The lowest BCUT2D eigenvalue weighted by Crippen LogP contribution is -2.23. The molecule has 1 heterocycles. The maximum atomic E-state index is 8.35. The molecule has 1 aliphatic heterocycles. The van der Waals surface area contributed by atoms with E-state index in [-0.39, 0.29) is 0 Å². The Morgan fingerprint density at radius 3 is 2.38 bits per heavy atom. The topological polar surface area (TPSA) is 30.3 Å². The van der Waals surface area contributed by atoms with Gasteiger partial charge in [-0.05, 0) is 39.2 Å². The minimum Gasteiger partial charge on any atom is -0.359 e. The van der Waals surface area contributed by atoms with Crippen LogP contribution >= 0.6 is 0 Å². The van der Waals surface area contributed by atoms with Crippen molar-refractivity contribution in [3.8, 4) is 0 Å². The van der Waals surface area contributed by atoms with Gasteiger partial charge < -0.3 is 9.80 Å². The molecular formula is C18H29N3. The van der Waals surface area contributed by atoms with Gasteiger partial charge in [0.25, 0.3) is 0 Å². The van der Waals surface area contributed by atoms with Crippen LogP contribution in [0.1, 0.15) is 41.5 Å². The highest BCUT2D eigenvalue weighted by Crippen LogP contribution is 2.29. The summed E-state index contributed by atoms with van der Waals surface area (Å²) < 4.78 is 0. The van der Waals surface area contributed by atoms with E-state index in [2.05, 4.69) is 43.8 Å². The quantitative estimate of drug-likeness (QED) is 0.595. The van der Waals surface area contributed by atoms with Crippen LogP contribution in [-0.2, 0) is 0 Å². The average Bonchev–Trinajstić information content (AvgIpc) is 2.71. The van der Waals surface area contributed by atoms with Crippen LogP contribution in [0.5, 0.6) is 0 Å². The summed E-state index contributed by atoms with van der Waals surface area (Å²) >= 11 is 0. The summed E-state index contributed by atoms with van der Waals surface area (Å²) in [7, 11) is 2.11.